The first-order chi connectivity index (χ1) is 13.2. The molecule has 0 aliphatic heterocycles. The second-order valence-electron chi connectivity index (χ2n) is 6.36. The van der Waals surface area contributed by atoms with E-state index >= 15 is 0 Å². The van der Waals surface area contributed by atoms with Crippen molar-refractivity contribution in [2.75, 3.05) is 5.32 Å². The highest BCUT2D eigenvalue weighted by molar-refractivity contribution is 5.97. The summed E-state index contributed by atoms with van der Waals surface area (Å²) in [5, 5.41) is 4.70. The Morgan fingerprint density at radius 1 is 1.11 bits per heavy atom. The lowest BCUT2D eigenvalue weighted by atomic mass is 10.0. The van der Waals surface area contributed by atoms with Gasteiger partial charge in [-0.3, -0.25) is 9.59 Å². The van der Waals surface area contributed by atoms with Crippen LogP contribution >= 0.6 is 0 Å². The number of rotatable bonds is 7. The standard InChI is InChI=1S/C19H20F2N2O5/c1-10(2)16(23-18(25)15-5-4-8-27-15)19(26)28-11(3)17(24)22-14-7-6-12(20)9-13(14)21/h4-11,16H,1-3H3,(H,22,24)(H,23,25)/t11-,16+/m1/s1. The van der Waals surface area contributed by atoms with Crippen molar-refractivity contribution >= 4 is 23.5 Å². The first-order valence-electron chi connectivity index (χ1n) is 8.49. The van der Waals surface area contributed by atoms with Gasteiger partial charge in [0.25, 0.3) is 11.8 Å². The van der Waals surface area contributed by atoms with Gasteiger partial charge in [0.15, 0.2) is 11.9 Å². The first-order valence-corrected chi connectivity index (χ1v) is 8.49. The van der Waals surface area contributed by atoms with E-state index in [1.165, 1.54) is 25.3 Å². The molecule has 0 spiro atoms. The molecule has 2 rings (SSSR count). The molecule has 0 aliphatic rings. The van der Waals surface area contributed by atoms with Gasteiger partial charge < -0.3 is 19.8 Å². The van der Waals surface area contributed by atoms with Crippen LogP contribution < -0.4 is 10.6 Å². The number of esters is 1. The smallest absolute Gasteiger partial charge is 0.329 e. The van der Waals surface area contributed by atoms with Crippen LogP contribution in [0.4, 0.5) is 14.5 Å². The fourth-order valence-corrected chi connectivity index (χ4v) is 2.24. The third-order valence-corrected chi connectivity index (χ3v) is 3.80. The van der Waals surface area contributed by atoms with Crippen LogP contribution in [0.2, 0.25) is 0 Å². The summed E-state index contributed by atoms with van der Waals surface area (Å²) in [4.78, 5) is 36.6. The maximum atomic E-state index is 13.6. The molecule has 1 aromatic heterocycles. The van der Waals surface area contributed by atoms with E-state index in [0.717, 1.165) is 12.1 Å². The van der Waals surface area contributed by atoms with Gasteiger partial charge >= 0.3 is 5.97 Å². The third kappa shape index (κ3) is 5.38. The summed E-state index contributed by atoms with van der Waals surface area (Å²) in [7, 11) is 0. The molecule has 9 heteroatoms. The highest BCUT2D eigenvalue weighted by Crippen LogP contribution is 2.16. The molecule has 2 amide bonds. The molecule has 0 unspecified atom stereocenters. The highest BCUT2D eigenvalue weighted by atomic mass is 19.1. The second kappa shape index (κ2) is 9.12. The van der Waals surface area contributed by atoms with E-state index in [2.05, 4.69) is 10.6 Å². The van der Waals surface area contributed by atoms with Gasteiger partial charge in [-0.2, -0.15) is 0 Å². The Kier molecular flexibility index (Phi) is 6.86. The molecule has 0 aliphatic carbocycles. The summed E-state index contributed by atoms with van der Waals surface area (Å²) in [6, 6.07) is 4.58. The maximum Gasteiger partial charge on any atom is 0.329 e. The van der Waals surface area contributed by atoms with Crippen molar-refractivity contribution in [2.24, 2.45) is 5.92 Å². The van der Waals surface area contributed by atoms with Crippen LogP contribution in [0.25, 0.3) is 0 Å². The molecule has 0 saturated heterocycles. The number of furan rings is 1. The van der Waals surface area contributed by atoms with Crippen molar-refractivity contribution in [1.29, 1.82) is 0 Å². The third-order valence-electron chi connectivity index (χ3n) is 3.80. The molecule has 28 heavy (non-hydrogen) atoms. The van der Waals surface area contributed by atoms with Gasteiger partial charge in [-0.15, -0.1) is 0 Å². The van der Waals surface area contributed by atoms with Crippen molar-refractivity contribution in [3.8, 4) is 0 Å². The van der Waals surface area contributed by atoms with Gasteiger partial charge in [0, 0.05) is 6.07 Å². The minimum atomic E-state index is -1.28. The number of anilines is 1. The van der Waals surface area contributed by atoms with Gasteiger partial charge in [-0.1, -0.05) is 13.8 Å². The Balaban J connectivity index is 1.99. The zero-order valence-electron chi connectivity index (χ0n) is 15.5. The Bertz CT molecular complexity index is 852. The zero-order valence-corrected chi connectivity index (χ0v) is 15.5. The number of carbonyl (C=O) groups is 3. The van der Waals surface area contributed by atoms with Crippen molar-refractivity contribution in [3.63, 3.8) is 0 Å². The second-order valence-corrected chi connectivity index (χ2v) is 6.36. The van der Waals surface area contributed by atoms with Crippen molar-refractivity contribution < 1.29 is 32.3 Å². The van der Waals surface area contributed by atoms with Gasteiger partial charge in [-0.05, 0) is 37.1 Å². The molecule has 0 bridgehead atoms. The number of benzene rings is 1. The maximum absolute atomic E-state index is 13.6. The Morgan fingerprint density at radius 3 is 2.39 bits per heavy atom. The van der Waals surface area contributed by atoms with Crippen LogP contribution in [-0.2, 0) is 14.3 Å². The van der Waals surface area contributed by atoms with E-state index in [4.69, 9.17) is 9.15 Å². The summed E-state index contributed by atoms with van der Waals surface area (Å²) >= 11 is 0. The van der Waals surface area contributed by atoms with Crippen molar-refractivity contribution in [2.45, 2.75) is 32.9 Å². The fraction of sp³-hybridized carbons (Fsp3) is 0.316. The van der Waals surface area contributed by atoms with Crippen LogP contribution in [-0.4, -0.2) is 29.9 Å². The number of hydrogen-bond acceptors (Lipinski definition) is 5. The predicted molar refractivity (Wildman–Crippen MR) is 95.3 cm³/mol. The summed E-state index contributed by atoms with van der Waals surface area (Å²) < 4.78 is 36.6. The van der Waals surface area contributed by atoms with E-state index < -0.39 is 41.6 Å². The quantitative estimate of drug-likeness (QED) is 0.704. The molecule has 7 nitrogen and oxygen atoms in total. The number of hydrogen-bond donors (Lipinski definition) is 2. The first kappa shape index (κ1) is 21.1. The Labute approximate surface area is 160 Å². The lowest BCUT2D eigenvalue weighted by molar-refractivity contribution is -0.156. The minimum absolute atomic E-state index is 0.0241. The van der Waals surface area contributed by atoms with Crippen molar-refractivity contribution in [1.82, 2.24) is 5.32 Å². The molecular weight excluding hydrogens is 374 g/mol. The number of halogens is 2. The predicted octanol–water partition coefficient (Wildman–Crippen LogP) is 2.88. The van der Waals surface area contributed by atoms with Crippen LogP contribution in [0.15, 0.2) is 41.0 Å². The molecule has 0 radical (unpaired) electrons. The molecule has 2 atom stereocenters. The molecule has 2 aromatic rings. The van der Waals surface area contributed by atoms with Crippen LogP contribution in [0.5, 0.6) is 0 Å². The molecular formula is C19H20F2N2O5. The van der Waals surface area contributed by atoms with Crippen LogP contribution in [0.3, 0.4) is 0 Å². The highest BCUT2D eigenvalue weighted by Gasteiger charge is 2.30. The molecule has 1 heterocycles. The van der Waals surface area contributed by atoms with Gasteiger partial charge in [0.1, 0.15) is 17.7 Å². The Morgan fingerprint density at radius 2 is 1.82 bits per heavy atom. The van der Waals surface area contributed by atoms with Crippen molar-refractivity contribution in [3.05, 3.63) is 54.0 Å². The zero-order chi connectivity index (χ0) is 20.8. The Hall–Kier alpha value is -3.23. The number of carbonyl (C=O) groups excluding carboxylic acids is 3. The molecule has 0 fully saturated rings. The van der Waals surface area contributed by atoms with E-state index in [0.29, 0.717) is 6.07 Å². The average molecular weight is 394 g/mol. The topological polar surface area (TPSA) is 97.6 Å². The number of amides is 2. The van der Waals surface area contributed by atoms with E-state index in [9.17, 15) is 23.2 Å². The summed E-state index contributed by atoms with van der Waals surface area (Å²) in [6.45, 7) is 4.67. The van der Waals surface area contributed by atoms with E-state index in [1.54, 1.807) is 13.8 Å². The molecule has 0 saturated carbocycles. The lowest BCUT2D eigenvalue weighted by Crippen LogP contribution is -2.47. The van der Waals surface area contributed by atoms with Gasteiger partial charge in [0.2, 0.25) is 0 Å². The number of ether oxygens (including phenoxy) is 1. The molecule has 2 N–H and O–H groups in total. The summed E-state index contributed by atoms with van der Waals surface area (Å²) in [5.74, 6) is -4.31. The number of nitrogens with one attached hydrogen (secondary N) is 2. The normalized spacial score (nSPS) is 12.9. The van der Waals surface area contributed by atoms with Crippen LogP contribution in [0.1, 0.15) is 31.3 Å². The van der Waals surface area contributed by atoms with Gasteiger partial charge in [0.05, 0.1) is 12.0 Å². The van der Waals surface area contributed by atoms with E-state index in [-0.39, 0.29) is 17.4 Å². The average Bonchev–Trinajstić information content (AvgIpc) is 3.16. The SMILES string of the molecule is CC(C)[C@H](NC(=O)c1ccco1)C(=O)O[C@H](C)C(=O)Nc1ccc(F)cc1F. The molecule has 1 aromatic carbocycles. The largest absolute Gasteiger partial charge is 0.459 e. The summed E-state index contributed by atoms with van der Waals surface area (Å²) in [5.41, 5.74) is -0.249. The van der Waals surface area contributed by atoms with Crippen LogP contribution in [0, 0.1) is 17.6 Å². The monoisotopic (exact) mass is 394 g/mol. The minimum Gasteiger partial charge on any atom is -0.459 e. The fourth-order valence-electron chi connectivity index (χ4n) is 2.24. The summed E-state index contributed by atoms with van der Waals surface area (Å²) in [6.07, 6.45) is 0.0391. The van der Waals surface area contributed by atoms with E-state index in [1.807, 2.05) is 0 Å². The van der Waals surface area contributed by atoms with Gasteiger partial charge in [-0.25, -0.2) is 13.6 Å². The lowest BCUT2D eigenvalue weighted by Gasteiger charge is -2.22. The molecule has 150 valence electrons.